The Morgan fingerprint density at radius 1 is 1.17 bits per heavy atom. The predicted octanol–water partition coefficient (Wildman–Crippen LogP) is 3.06. The molecule has 3 atom stereocenters. The highest BCUT2D eigenvalue weighted by Gasteiger charge is 2.35. The fourth-order valence-electron chi connectivity index (χ4n) is 3.66. The maximum absolute atomic E-state index is 12.7. The molecule has 0 aromatic rings. The first-order chi connectivity index (χ1) is 10.8. The Morgan fingerprint density at radius 3 is 2.57 bits per heavy atom. The quantitative estimate of drug-likeness (QED) is 0.856. The topological polar surface area (TPSA) is 49.4 Å². The molecule has 0 aromatic carbocycles. The van der Waals surface area contributed by atoms with E-state index in [-0.39, 0.29) is 23.1 Å². The molecular formula is C18H32N2O2S. The number of carbonyl (C=O) groups excluding carboxylic acids is 2. The minimum atomic E-state index is -0.368. The van der Waals surface area contributed by atoms with E-state index in [2.05, 4.69) is 12.2 Å². The lowest BCUT2D eigenvalue weighted by Gasteiger charge is -2.36. The van der Waals surface area contributed by atoms with E-state index in [1.807, 2.05) is 37.4 Å². The molecular weight excluding hydrogens is 308 g/mol. The van der Waals surface area contributed by atoms with Crippen molar-refractivity contribution in [3.63, 3.8) is 0 Å². The number of thioether (sulfide) groups is 1. The maximum atomic E-state index is 12.7. The summed E-state index contributed by atoms with van der Waals surface area (Å²) in [6.45, 7) is 9.40. The zero-order chi connectivity index (χ0) is 17.0. The molecule has 2 aliphatic rings. The lowest BCUT2D eigenvalue weighted by molar-refractivity contribution is -0.142. The van der Waals surface area contributed by atoms with E-state index in [0.717, 1.165) is 31.6 Å². The highest BCUT2D eigenvalue weighted by molar-refractivity contribution is 7.99. The Hall–Kier alpha value is -0.710. The average molecular weight is 341 g/mol. The zero-order valence-electron chi connectivity index (χ0n) is 15.1. The Labute approximate surface area is 145 Å². The molecule has 4 nitrogen and oxygen atoms in total. The summed E-state index contributed by atoms with van der Waals surface area (Å²) in [6, 6.07) is 0.321. The molecule has 2 rings (SSSR count). The van der Waals surface area contributed by atoms with Crippen molar-refractivity contribution >= 4 is 23.6 Å². The van der Waals surface area contributed by atoms with Gasteiger partial charge in [-0.25, -0.2) is 0 Å². The summed E-state index contributed by atoms with van der Waals surface area (Å²) in [7, 11) is 0. The van der Waals surface area contributed by atoms with Gasteiger partial charge in [-0.15, -0.1) is 0 Å². The fraction of sp³-hybridized carbons (Fsp3) is 0.889. The normalized spacial score (nSPS) is 28.7. The Kier molecular flexibility index (Phi) is 6.40. The van der Waals surface area contributed by atoms with Crippen LogP contribution in [0.5, 0.6) is 0 Å². The lowest BCUT2D eigenvalue weighted by Crippen LogP contribution is -2.50. The minimum Gasteiger partial charge on any atom is -0.352 e. The molecule has 2 amide bonds. The third-order valence-corrected chi connectivity index (χ3v) is 6.21. The van der Waals surface area contributed by atoms with Gasteiger partial charge in [-0.3, -0.25) is 9.59 Å². The van der Waals surface area contributed by atoms with Crippen LogP contribution in [0.15, 0.2) is 0 Å². The molecule has 2 fully saturated rings. The van der Waals surface area contributed by atoms with E-state index >= 15 is 0 Å². The first kappa shape index (κ1) is 18.6. The Morgan fingerprint density at radius 2 is 1.91 bits per heavy atom. The van der Waals surface area contributed by atoms with Gasteiger partial charge in [0.1, 0.15) is 0 Å². The van der Waals surface area contributed by atoms with E-state index in [4.69, 9.17) is 0 Å². The second-order valence-electron chi connectivity index (χ2n) is 7.88. The van der Waals surface area contributed by atoms with Crippen molar-refractivity contribution in [2.45, 2.75) is 71.1 Å². The smallest absolute Gasteiger partial charge is 0.227 e. The van der Waals surface area contributed by atoms with Crippen molar-refractivity contribution in [1.29, 1.82) is 0 Å². The SMILES string of the molecule is CCSC1CCCC1NC(=O)C1CCCN(C(=O)C(C)(C)C)C1. The molecule has 1 saturated heterocycles. The fourth-order valence-corrected chi connectivity index (χ4v) is 4.85. The van der Waals surface area contributed by atoms with E-state index in [0.29, 0.717) is 17.8 Å². The van der Waals surface area contributed by atoms with Crippen LogP contribution in [0.3, 0.4) is 0 Å². The van der Waals surface area contributed by atoms with Crippen molar-refractivity contribution < 1.29 is 9.59 Å². The van der Waals surface area contributed by atoms with Gasteiger partial charge >= 0.3 is 0 Å². The number of nitrogens with zero attached hydrogens (tertiary/aromatic N) is 1. The number of rotatable bonds is 4. The zero-order valence-corrected chi connectivity index (χ0v) is 15.9. The lowest BCUT2D eigenvalue weighted by atomic mass is 9.90. The van der Waals surface area contributed by atoms with Crippen LogP contribution in [0.25, 0.3) is 0 Å². The number of amides is 2. The van der Waals surface area contributed by atoms with E-state index in [1.54, 1.807) is 0 Å². The number of nitrogens with one attached hydrogen (secondary N) is 1. The maximum Gasteiger partial charge on any atom is 0.227 e. The second kappa shape index (κ2) is 7.91. The first-order valence-electron chi connectivity index (χ1n) is 9.04. The minimum absolute atomic E-state index is 0.0390. The summed E-state index contributed by atoms with van der Waals surface area (Å²) in [6.07, 6.45) is 5.35. The molecule has 132 valence electrons. The van der Waals surface area contributed by atoms with Crippen molar-refractivity contribution in [3.05, 3.63) is 0 Å². The summed E-state index contributed by atoms with van der Waals surface area (Å²) in [5, 5.41) is 3.85. The third kappa shape index (κ3) is 4.88. The van der Waals surface area contributed by atoms with Gasteiger partial charge in [0.25, 0.3) is 0 Å². The van der Waals surface area contributed by atoms with Crippen LogP contribution < -0.4 is 5.32 Å². The highest BCUT2D eigenvalue weighted by atomic mass is 32.2. The molecule has 0 radical (unpaired) electrons. The van der Waals surface area contributed by atoms with Gasteiger partial charge in [0.2, 0.25) is 11.8 Å². The van der Waals surface area contributed by atoms with Crippen molar-refractivity contribution in [3.8, 4) is 0 Å². The number of likely N-dealkylation sites (tertiary alicyclic amines) is 1. The van der Waals surface area contributed by atoms with Gasteiger partial charge in [-0.05, 0) is 31.4 Å². The number of hydrogen-bond donors (Lipinski definition) is 1. The molecule has 5 heteroatoms. The van der Waals surface area contributed by atoms with Gasteiger partial charge in [0.15, 0.2) is 0 Å². The molecule has 0 bridgehead atoms. The van der Waals surface area contributed by atoms with Crippen LogP contribution >= 0.6 is 11.8 Å². The van der Waals surface area contributed by atoms with Crippen LogP contribution in [0, 0.1) is 11.3 Å². The van der Waals surface area contributed by atoms with Crippen LogP contribution in [-0.2, 0) is 9.59 Å². The van der Waals surface area contributed by atoms with Crippen molar-refractivity contribution in [1.82, 2.24) is 10.2 Å². The van der Waals surface area contributed by atoms with Gasteiger partial charge in [-0.1, -0.05) is 34.1 Å². The summed E-state index contributed by atoms with van der Waals surface area (Å²) in [5.74, 6) is 1.39. The molecule has 1 saturated carbocycles. The van der Waals surface area contributed by atoms with Crippen LogP contribution in [0.4, 0.5) is 0 Å². The molecule has 1 aliphatic heterocycles. The second-order valence-corrected chi connectivity index (χ2v) is 9.40. The van der Waals surface area contributed by atoms with Gasteiger partial charge in [0.05, 0.1) is 5.92 Å². The largest absolute Gasteiger partial charge is 0.352 e. The van der Waals surface area contributed by atoms with E-state index < -0.39 is 0 Å². The van der Waals surface area contributed by atoms with Gasteiger partial charge in [0, 0.05) is 29.8 Å². The molecule has 1 heterocycles. The molecule has 0 spiro atoms. The summed E-state index contributed by atoms with van der Waals surface area (Å²) < 4.78 is 0. The van der Waals surface area contributed by atoms with Crippen LogP contribution in [-0.4, -0.2) is 46.8 Å². The van der Waals surface area contributed by atoms with E-state index in [1.165, 1.54) is 12.8 Å². The molecule has 1 aliphatic carbocycles. The standard InChI is InChI=1S/C18H32N2O2S/c1-5-23-15-10-6-9-14(15)19-16(21)13-8-7-11-20(12-13)17(22)18(2,3)4/h13-15H,5-12H2,1-4H3,(H,19,21). The Balaban J connectivity index is 1.90. The van der Waals surface area contributed by atoms with Crippen molar-refractivity contribution in [2.75, 3.05) is 18.8 Å². The monoisotopic (exact) mass is 340 g/mol. The molecule has 23 heavy (non-hydrogen) atoms. The summed E-state index contributed by atoms with van der Waals surface area (Å²) >= 11 is 1.97. The molecule has 0 aromatic heterocycles. The average Bonchev–Trinajstić information content (AvgIpc) is 2.93. The number of hydrogen-bond acceptors (Lipinski definition) is 3. The Bertz CT molecular complexity index is 433. The summed E-state index contributed by atoms with van der Waals surface area (Å²) in [5.41, 5.74) is -0.368. The van der Waals surface area contributed by atoms with Gasteiger partial charge < -0.3 is 10.2 Å². The number of carbonyl (C=O) groups is 2. The van der Waals surface area contributed by atoms with Gasteiger partial charge in [-0.2, -0.15) is 11.8 Å². The first-order valence-corrected chi connectivity index (χ1v) is 10.1. The molecule has 3 unspecified atom stereocenters. The van der Waals surface area contributed by atoms with Crippen LogP contribution in [0.1, 0.15) is 59.8 Å². The predicted molar refractivity (Wildman–Crippen MR) is 96.5 cm³/mol. The summed E-state index contributed by atoms with van der Waals surface area (Å²) in [4.78, 5) is 27.0. The third-order valence-electron chi connectivity index (χ3n) is 4.88. The highest BCUT2D eigenvalue weighted by Crippen LogP contribution is 2.30. The molecule has 1 N–H and O–H groups in total. The van der Waals surface area contributed by atoms with Crippen molar-refractivity contribution in [2.24, 2.45) is 11.3 Å². The number of piperidine rings is 1. The van der Waals surface area contributed by atoms with E-state index in [9.17, 15) is 9.59 Å². The van der Waals surface area contributed by atoms with Crippen LogP contribution in [0.2, 0.25) is 0 Å².